The summed E-state index contributed by atoms with van der Waals surface area (Å²) in [6.07, 6.45) is 2.35. The van der Waals surface area contributed by atoms with Crippen molar-refractivity contribution in [1.29, 1.82) is 5.26 Å². The molecule has 0 unspecified atom stereocenters. The first kappa shape index (κ1) is 17.4. The Kier molecular flexibility index (Phi) is 4.24. The molecule has 134 valence electrons. The number of halogens is 3. The van der Waals surface area contributed by atoms with Crippen molar-refractivity contribution in [3.8, 4) is 28.3 Å². The molecule has 0 radical (unpaired) electrons. The average Bonchev–Trinajstić information content (AvgIpc) is 3.00. The molecule has 0 atom stereocenters. The highest BCUT2D eigenvalue weighted by atomic mass is 19.1. The van der Waals surface area contributed by atoms with Crippen molar-refractivity contribution in [3.05, 3.63) is 82.2 Å². The molecule has 0 N–H and O–H groups in total. The van der Waals surface area contributed by atoms with Crippen molar-refractivity contribution in [3.63, 3.8) is 0 Å². The van der Waals surface area contributed by atoms with Gasteiger partial charge in [0.2, 0.25) is 0 Å². The summed E-state index contributed by atoms with van der Waals surface area (Å²) in [6, 6.07) is 12.6. The van der Waals surface area contributed by atoms with Crippen LogP contribution in [0.25, 0.3) is 22.3 Å². The quantitative estimate of drug-likeness (QED) is 0.427. The van der Waals surface area contributed by atoms with Gasteiger partial charge in [-0.05, 0) is 52.4 Å². The lowest BCUT2D eigenvalue weighted by Crippen LogP contribution is -1.98. The number of aryl methyl sites for hydroxylation is 1. The van der Waals surface area contributed by atoms with Crippen molar-refractivity contribution in [2.45, 2.75) is 26.2 Å². The molecule has 0 saturated carbocycles. The predicted octanol–water partition coefficient (Wildman–Crippen LogP) is 6.17. The predicted molar refractivity (Wildman–Crippen MR) is 98.7 cm³/mol. The van der Waals surface area contributed by atoms with E-state index in [0.29, 0.717) is 17.5 Å². The second-order valence-electron chi connectivity index (χ2n) is 6.80. The summed E-state index contributed by atoms with van der Waals surface area (Å²) in [5.74, 6) is -2.19. The zero-order valence-corrected chi connectivity index (χ0v) is 14.7. The van der Waals surface area contributed by atoms with Crippen molar-refractivity contribution in [2.75, 3.05) is 0 Å². The summed E-state index contributed by atoms with van der Waals surface area (Å²) >= 11 is 0. The molecule has 0 aromatic heterocycles. The Morgan fingerprint density at radius 2 is 1.78 bits per heavy atom. The smallest absolute Gasteiger partial charge is 0.141 e. The first-order valence-electron chi connectivity index (χ1n) is 8.86. The van der Waals surface area contributed by atoms with Crippen LogP contribution in [0.2, 0.25) is 0 Å². The van der Waals surface area contributed by atoms with Crippen LogP contribution in [0.5, 0.6) is 0 Å². The molecule has 0 fully saturated rings. The maximum atomic E-state index is 15.2. The summed E-state index contributed by atoms with van der Waals surface area (Å²) in [6.45, 7) is 2.10. The van der Waals surface area contributed by atoms with Crippen LogP contribution >= 0.6 is 0 Å². The van der Waals surface area contributed by atoms with E-state index in [0.717, 1.165) is 30.0 Å². The lowest BCUT2D eigenvalue weighted by Gasteiger charge is -2.11. The van der Waals surface area contributed by atoms with Crippen molar-refractivity contribution >= 4 is 0 Å². The van der Waals surface area contributed by atoms with E-state index in [9.17, 15) is 8.78 Å². The summed E-state index contributed by atoms with van der Waals surface area (Å²) < 4.78 is 43.9. The lowest BCUT2D eigenvalue weighted by atomic mass is 9.96. The Balaban J connectivity index is 1.84. The summed E-state index contributed by atoms with van der Waals surface area (Å²) in [5.41, 5.74) is 3.68. The minimum atomic E-state index is -0.790. The third kappa shape index (κ3) is 2.80. The molecule has 4 rings (SSSR count). The molecule has 0 aliphatic heterocycles. The molecule has 1 nitrogen and oxygen atoms in total. The van der Waals surface area contributed by atoms with Gasteiger partial charge in [-0.25, -0.2) is 13.2 Å². The Morgan fingerprint density at radius 1 is 0.963 bits per heavy atom. The van der Waals surface area contributed by atoms with Crippen molar-refractivity contribution in [1.82, 2.24) is 0 Å². The van der Waals surface area contributed by atoms with Gasteiger partial charge in [-0.3, -0.25) is 0 Å². The van der Waals surface area contributed by atoms with Gasteiger partial charge in [0.05, 0.1) is 11.1 Å². The number of rotatable bonds is 3. The molecule has 4 heteroatoms. The topological polar surface area (TPSA) is 23.8 Å². The minimum absolute atomic E-state index is 0.0897. The largest absolute Gasteiger partial charge is 0.206 e. The van der Waals surface area contributed by atoms with Crippen LogP contribution in [-0.2, 0) is 12.8 Å². The van der Waals surface area contributed by atoms with Crippen LogP contribution < -0.4 is 0 Å². The van der Waals surface area contributed by atoms with Crippen molar-refractivity contribution < 1.29 is 13.2 Å². The van der Waals surface area contributed by atoms with Gasteiger partial charge in [-0.1, -0.05) is 37.6 Å². The molecule has 0 bridgehead atoms. The Morgan fingerprint density at radius 3 is 2.48 bits per heavy atom. The van der Waals surface area contributed by atoms with E-state index in [1.165, 1.54) is 23.8 Å². The van der Waals surface area contributed by atoms with Gasteiger partial charge in [-0.15, -0.1) is 0 Å². The monoisotopic (exact) mass is 363 g/mol. The normalized spacial score (nSPS) is 11.8. The second-order valence-corrected chi connectivity index (χ2v) is 6.80. The van der Waals surface area contributed by atoms with Crippen LogP contribution in [-0.4, -0.2) is 0 Å². The van der Waals surface area contributed by atoms with Gasteiger partial charge in [-0.2, -0.15) is 5.26 Å². The van der Waals surface area contributed by atoms with Crippen LogP contribution in [0.1, 0.15) is 35.6 Å². The van der Waals surface area contributed by atoms with Gasteiger partial charge in [0.25, 0.3) is 0 Å². The highest BCUT2D eigenvalue weighted by molar-refractivity contribution is 5.81. The molecular weight excluding hydrogens is 347 g/mol. The fraction of sp³-hybridized carbons (Fsp3) is 0.174. The van der Waals surface area contributed by atoms with Gasteiger partial charge < -0.3 is 0 Å². The van der Waals surface area contributed by atoms with E-state index in [1.54, 1.807) is 6.07 Å². The minimum Gasteiger partial charge on any atom is -0.206 e. The number of hydrogen-bond acceptors (Lipinski definition) is 1. The standard InChI is InChI=1S/C23H16F3N/c1-2-3-13-4-7-17-16(8-13)9-19-18(17)11-21(25)22(23(19)26)14-5-6-15(12-27)20(24)10-14/h4-8,10-11H,2-3,9H2,1H3. The number of hydrogen-bond donors (Lipinski definition) is 0. The van der Waals surface area contributed by atoms with Gasteiger partial charge in [0.15, 0.2) is 0 Å². The van der Waals surface area contributed by atoms with E-state index in [4.69, 9.17) is 5.26 Å². The van der Waals surface area contributed by atoms with Crippen molar-refractivity contribution in [2.24, 2.45) is 0 Å². The lowest BCUT2D eigenvalue weighted by molar-refractivity contribution is 0.582. The summed E-state index contributed by atoms with van der Waals surface area (Å²) in [5, 5.41) is 8.84. The number of nitriles is 1. The molecule has 1 aliphatic rings. The average molecular weight is 363 g/mol. The zero-order valence-electron chi connectivity index (χ0n) is 14.7. The zero-order chi connectivity index (χ0) is 19.1. The van der Waals surface area contributed by atoms with E-state index in [-0.39, 0.29) is 16.7 Å². The van der Waals surface area contributed by atoms with Crippen LogP contribution in [0.15, 0.2) is 42.5 Å². The highest BCUT2D eigenvalue weighted by Gasteiger charge is 2.27. The fourth-order valence-electron chi connectivity index (χ4n) is 3.79. The summed E-state index contributed by atoms with van der Waals surface area (Å²) in [4.78, 5) is 0. The van der Waals surface area contributed by atoms with E-state index in [1.807, 2.05) is 12.1 Å². The molecule has 3 aromatic carbocycles. The molecule has 0 spiro atoms. The fourth-order valence-corrected chi connectivity index (χ4v) is 3.79. The van der Waals surface area contributed by atoms with E-state index in [2.05, 4.69) is 13.0 Å². The molecule has 3 aromatic rings. The number of fused-ring (bicyclic) bond motifs is 3. The van der Waals surface area contributed by atoms with Crippen LogP contribution in [0, 0.1) is 28.8 Å². The Labute approximate surface area is 155 Å². The number of benzene rings is 3. The first-order chi connectivity index (χ1) is 13.0. The Hall–Kier alpha value is -3.06. The van der Waals surface area contributed by atoms with Gasteiger partial charge >= 0.3 is 0 Å². The van der Waals surface area contributed by atoms with Crippen LogP contribution in [0.3, 0.4) is 0 Å². The highest BCUT2D eigenvalue weighted by Crippen LogP contribution is 2.42. The third-order valence-electron chi connectivity index (χ3n) is 5.06. The summed E-state index contributed by atoms with van der Waals surface area (Å²) in [7, 11) is 0. The maximum Gasteiger partial charge on any atom is 0.141 e. The Bertz CT molecular complexity index is 1110. The molecule has 0 amide bonds. The molecule has 27 heavy (non-hydrogen) atoms. The van der Waals surface area contributed by atoms with Gasteiger partial charge in [0.1, 0.15) is 23.5 Å². The second kappa shape index (κ2) is 6.59. The van der Waals surface area contributed by atoms with Gasteiger partial charge in [0, 0.05) is 12.0 Å². The number of nitrogens with zero attached hydrogens (tertiary/aromatic N) is 1. The third-order valence-corrected chi connectivity index (χ3v) is 5.06. The molecule has 0 heterocycles. The first-order valence-corrected chi connectivity index (χ1v) is 8.86. The molecule has 1 aliphatic carbocycles. The van der Waals surface area contributed by atoms with Crippen LogP contribution in [0.4, 0.5) is 13.2 Å². The molecule has 0 saturated heterocycles. The van der Waals surface area contributed by atoms with E-state index < -0.39 is 17.5 Å². The van der Waals surface area contributed by atoms with E-state index >= 15 is 4.39 Å². The maximum absolute atomic E-state index is 15.2. The SMILES string of the molecule is CCCc1ccc2c(c1)Cc1c-2cc(F)c(-c2ccc(C#N)c(F)c2)c1F. The molecular formula is C23H16F3N.